The summed E-state index contributed by atoms with van der Waals surface area (Å²) in [5.41, 5.74) is 4.39. The second kappa shape index (κ2) is 11.8. The molecular weight excluding hydrogens is 554 g/mol. The second-order valence-corrected chi connectivity index (χ2v) is 12.3. The molecule has 3 aromatic carbocycles. The SMILES string of the molecule is CN(CC(c1ccccc1)c1cc2c(cn1)CN(S(=O)(=O)c1ccc3c(c1)OCCO3)C2)C(=O)OCc1ccccc1. The van der Waals surface area contributed by atoms with Gasteiger partial charge in [-0.3, -0.25) is 4.98 Å². The molecule has 3 heterocycles. The van der Waals surface area contributed by atoms with E-state index in [0.717, 1.165) is 27.9 Å². The number of carbonyl (C=O) groups is 1. The van der Waals surface area contributed by atoms with Gasteiger partial charge in [-0.15, -0.1) is 0 Å². The molecule has 0 spiro atoms. The molecule has 1 amide bonds. The fourth-order valence-electron chi connectivity index (χ4n) is 5.20. The van der Waals surface area contributed by atoms with Crippen LogP contribution in [0, 0.1) is 0 Å². The van der Waals surface area contributed by atoms with Crippen molar-refractivity contribution in [2.75, 3.05) is 26.8 Å². The predicted octanol–water partition coefficient (Wildman–Crippen LogP) is 4.96. The summed E-state index contributed by atoms with van der Waals surface area (Å²) in [5.74, 6) is 0.731. The maximum absolute atomic E-state index is 13.6. The molecule has 6 rings (SSSR count). The van der Waals surface area contributed by atoms with Gasteiger partial charge in [-0.25, -0.2) is 13.2 Å². The average Bonchev–Trinajstić information content (AvgIpc) is 3.47. The summed E-state index contributed by atoms with van der Waals surface area (Å²) in [5, 5.41) is 0. The second-order valence-electron chi connectivity index (χ2n) is 10.3. The molecule has 1 aromatic heterocycles. The molecule has 9 nitrogen and oxygen atoms in total. The van der Waals surface area contributed by atoms with Gasteiger partial charge in [-0.2, -0.15) is 4.31 Å². The van der Waals surface area contributed by atoms with Crippen molar-refractivity contribution in [3.63, 3.8) is 0 Å². The van der Waals surface area contributed by atoms with Crippen molar-refractivity contribution in [1.82, 2.24) is 14.2 Å². The number of benzene rings is 3. The lowest BCUT2D eigenvalue weighted by Gasteiger charge is -2.24. The highest BCUT2D eigenvalue weighted by Crippen LogP contribution is 2.36. The predicted molar refractivity (Wildman–Crippen MR) is 156 cm³/mol. The van der Waals surface area contributed by atoms with Crippen molar-refractivity contribution in [2.45, 2.75) is 30.5 Å². The first-order chi connectivity index (χ1) is 20.4. The lowest BCUT2D eigenvalue weighted by atomic mass is 9.93. The first-order valence-corrected chi connectivity index (χ1v) is 15.2. The minimum absolute atomic E-state index is 0.158. The molecule has 4 aromatic rings. The molecule has 0 aliphatic carbocycles. The van der Waals surface area contributed by atoms with Gasteiger partial charge in [0.05, 0.1) is 4.90 Å². The van der Waals surface area contributed by atoms with Crippen molar-refractivity contribution in [2.24, 2.45) is 0 Å². The van der Waals surface area contributed by atoms with Gasteiger partial charge < -0.3 is 19.1 Å². The number of aromatic nitrogens is 1. The summed E-state index contributed by atoms with van der Waals surface area (Å²) in [6.07, 6.45) is 1.31. The summed E-state index contributed by atoms with van der Waals surface area (Å²) in [7, 11) is -2.08. The molecule has 1 atom stereocenters. The number of carbonyl (C=O) groups excluding carboxylic acids is 1. The van der Waals surface area contributed by atoms with E-state index in [4.69, 9.17) is 19.2 Å². The van der Waals surface area contributed by atoms with Crippen molar-refractivity contribution in [1.29, 1.82) is 0 Å². The maximum Gasteiger partial charge on any atom is 0.409 e. The first-order valence-electron chi connectivity index (χ1n) is 13.7. The molecule has 2 aliphatic heterocycles. The topological polar surface area (TPSA) is 98.3 Å². The van der Waals surface area contributed by atoms with Crippen molar-refractivity contribution in [3.05, 3.63) is 119 Å². The Bertz CT molecular complexity index is 1680. The standard InChI is InChI=1S/C32H31N3O6S/c1-34(32(36)41-22-23-8-4-2-5-9-23)21-28(24-10-6-3-7-11-24)29-16-25-19-35(20-26(25)18-33-29)42(37,38)27-12-13-30-31(17-27)40-15-14-39-30/h2-13,16-18,28H,14-15,19-22H2,1H3. The minimum atomic E-state index is -3.78. The molecule has 0 fully saturated rings. The lowest BCUT2D eigenvalue weighted by molar-refractivity contribution is 0.104. The third kappa shape index (κ3) is 5.81. The van der Waals surface area contributed by atoms with E-state index < -0.39 is 16.1 Å². The van der Waals surface area contributed by atoms with E-state index >= 15 is 0 Å². The third-order valence-electron chi connectivity index (χ3n) is 7.48. The highest BCUT2D eigenvalue weighted by atomic mass is 32.2. The number of amides is 1. The Balaban J connectivity index is 1.20. The number of nitrogens with zero attached hydrogens (tertiary/aromatic N) is 3. The van der Waals surface area contributed by atoms with E-state index in [2.05, 4.69) is 0 Å². The Labute approximate surface area is 245 Å². The molecular formula is C32H31N3O6S. The highest BCUT2D eigenvalue weighted by Gasteiger charge is 2.33. The zero-order chi connectivity index (χ0) is 29.1. The van der Waals surface area contributed by atoms with Crippen LogP contribution in [0.4, 0.5) is 4.79 Å². The molecule has 0 saturated carbocycles. The summed E-state index contributed by atoms with van der Waals surface area (Å²) < 4.78 is 45.3. The van der Waals surface area contributed by atoms with Gasteiger partial charge in [0.2, 0.25) is 10.0 Å². The Morgan fingerprint density at radius 2 is 1.62 bits per heavy atom. The van der Waals surface area contributed by atoms with E-state index in [1.54, 1.807) is 30.3 Å². The summed E-state index contributed by atoms with van der Waals surface area (Å²) in [6, 6.07) is 26.0. The number of sulfonamides is 1. The normalized spacial score (nSPS) is 15.1. The van der Waals surface area contributed by atoms with Crippen LogP contribution in [0.25, 0.3) is 0 Å². The van der Waals surface area contributed by atoms with Crippen LogP contribution in [-0.2, 0) is 34.5 Å². The Kier molecular flexibility index (Phi) is 7.82. The van der Waals surface area contributed by atoms with Gasteiger partial charge in [0.1, 0.15) is 19.8 Å². The van der Waals surface area contributed by atoms with Gasteiger partial charge in [0.25, 0.3) is 0 Å². The molecule has 0 N–H and O–H groups in total. The van der Waals surface area contributed by atoms with E-state index in [1.165, 1.54) is 10.4 Å². The fraction of sp³-hybridized carbons (Fsp3) is 0.250. The summed E-state index contributed by atoms with van der Waals surface area (Å²) >= 11 is 0. The van der Waals surface area contributed by atoms with Crippen molar-refractivity contribution in [3.8, 4) is 11.5 Å². The van der Waals surface area contributed by atoms with Crippen molar-refractivity contribution < 1.29 is 27.4 Å². The number of rotatable bonds is 8. The summed E-state index contributed by atoms with van der Waals surface area (Å²) in [6.45, 7) is 1.78. The van der Waals surface area contributed by atoms with Crippen LogP contribution < -0.4 is 9.47 Å². The van der Waals surface area contributed by atoms with E-state index in [0.29, 0.717) is 31.3 Å². The van der Waals surface area contributed by atoms with E-state index in [1.807, 2.05) is 66.7 Å². The van der Waals surface area contributed by atoms with E-state index in [-0.39, 0.29) is 30.5 Å². The number of ether oxygens (including phenoxy) is 3. The van der Waals surface area contributed by atoms with Gasteiger partial charge >= 0.3 is 6.09 Å². The molecule has 0 radical (unpaired) electrons. The smallest absolute Gasteiger partial charge is 0.409 e. The average molecular weight is 586 g/mol. The van der Waals surface area contributed by atoms with E-state index in [9.17, 15) is 13.2 Å². The summed E-state index contributed by atoms with van der Waals surface area (Å²) in [4.78, 5) is 19.3. The number of likely N-dealkylation sites (N-methyl/N-ethyl adjacent to an activating group) is 1. The zero-order valence-electron chi connectivity index (χ0n) is 23.2. The number of pyridine rings is 1. The quantitative estimate of drug-likeness (QED) is 0.288. The fourth-order valence-corrected chi connectivity index (χ4v) is 6.61. The Morgan fingerprint density at radius 3 is 2.38 bits per heavy atom. The van der Waals surface area contributed by atoms with Gasteiger partial charge in [0, 0.05) is 50.6 Å². The van der Waals surface area contributed by atoms with Crippen LogP contribution >= 0.6 is 0 Å². The zero-order valence-corrected chi connectivity index (χ0v) is 24.0. The Morgan fingerprint density at radius 1 is 0.929 bits per heavy atom. The Hall–Kier alpha value is -4.41. The molecule has 216 valence electrons. The highest BCUT2D eigenvalue weighted by molar-refractivity contribution is 7.89. The van der Waals surface area contributed by atoms with Crippen LogP contribution in [0.2, 0.25) is 0 Å². The molecule has 0 bridgehead atoms. The first kappa shape index (κ1) is 27.7. The van der Waals surface area contributed by atoms with Crippen LogP contribution in [0.3, 0.4) is 0 Å². The van der Waals surface area contributed by atoms with Crippen LogP contribution in [0.1, 0.15) is 33.9 Å². The van der Waals surface area contributed by atoms with Gasteiger partial charge in [-0.05, 0) is 40.5 Å². The van der Waals surface area contributed by atoms with Crippen molar-refractivity contribution >= 4 is 16.1 Å². The number of fused-ring (bicyclic) bond motifs is 2. The van der Waals surface area contributed by atoms with Crippen LogP contribution in [0.5, 0.6) is 11.5 Å². The largest absolute Gasteiger partial charge is 0.486 e. The van der Waals surface area contributed by atoms with Gasteiger partial charge in [0.15, 0.2) is 11.5 Å². The molecule has 42 heavy (non-hydrogen) atoms. The monoisotopic (exact) mass is 585 g/mol. The van der Waals surface area contributed by atoms with Crippen LogP contribution in [0.15, 0.2) is 96.0 Å². The molecule has 1 unspecified atom stereocenters. The third-order valence-corrected chi connectivity index (χ3v) is 9.27. The number of hydrogen-bond donors (Lipinski definition) is 0. The minimum Gasteiger partial charge on any atom is -0.486 e. The maximum atomic E-state index is 13.6. The van der Waals surface area contributed by atoms with Gasteiger partial charge in [-0.1, -0.05) is 60.7 Å². The lowest BCUT2D eigenvalue weighted by Crippen LogP contribution is -2.32. The van der Waals surface area contributed by atoms with Crippen LogP contribution in [-0.4, -0.2) is 55.5 Å². The molecule has 2 aliphatic rings. The number of hydrogen-bond acceptors (Lipinski definition) is 7. The molecule has 0 saturated heterocycles. The molecule has 10 heteroatoms.